The van der Waals surface area contributed by atoms with E-state index in [4.69, 9.17) is 4.74 Å². The van der Waals surface area contributed by atoms with Crippen molar-refractivity contribution in [2.75, 3.05) is 46.9 Å². The van der Waals surface area contributed by atoms with Crippen LogP contribution in [0.3, 0.4) is 0 Å². The Morgan fingerprint density at radius 3 is 2.44 bits per heavy atom. The Morgan fingerprint density at radius 2 is 1.88 bits per heavy atom. The summed E-state index contributed by atoms with van der Waals surface area (Å²) in [6, 6.07) is 4.19. The number of nitrogens with one attached hydrogen (secondary N) is 1. The van der Waals surface area contributed by atoms with Crippen molar-refractivity contribution in [2.24, 2.45) is 0 Å². The largest absolute Gasteiger partial charge is 0.493 e. The predicted molar refractivity (Wildman–Crippen MR) is 86.0 cm³/mol. The summed E-state index contributed by atoms with van der Waals surface area (Å²) in [7, 11) is 2.91. The van der Waals surface area contributed by atoms with Crippen LogP contribution in [0.1, 0.15) is 10.4 Å². The lowest BCUT2D eigenvalue weighted by Gasteiger charge is -2.34. The number of ether oxygens (including phenoxy) is 2. The van der Waals surface area contributed by atoms with E-state index in [1.807, 2.05) is 4.90 Å². The zero-order valence-corrected chi connectivity index (χ0v) is 14.1. The highest BCUT2D eigenvalue weighted by atomic mass is 19.3. The van der Waals surface area contributed by atoms with Gasteiger partial charge >= 0.3 is 6.61 Å². The monoisotopic (exact) mass is 357 g/mol. The molecule has 138 valence electrons. The molecule has 0 saturated carbocycles. The Labute approximate surface area is 144 Å². The molecule has 0 spiro atoms. The molecule has 1 heterocycles. The van der Waals surface area contributed by atoms with Gasteiger partial charge in [0.2, 0.25) is 5.91 Å². The number of carbonyl (C=O) groups is 2. The van der Waals surface area contributed by atoms with Gasteiger partial charge in [-0.25, -0.2) is 0 Å². The third-order valence-corrected chi connectivity index (χ3v) is 3.93. The average Bonchev–Trinajstić information content (AvgIpc) is 2.61. The summed E-state index contributed by atoms with van der Waals surface area (Å²) in [6.07, 6.45) is 0. The zero-order chi connectivity index (χ0) is 18.4. The molecule has 1 aliphatic heterocycles. The molecule has 0 aliphatic carbocycles. The number of likely N-dealkylation sites (N-methyl/N-ethyl adjacent to an activating group) is 1. The molecule has 25 heavy (non-hydrogen) atoms. The molecule has 1 aromatic rings. The number of nitrogens with zero attached hydrogens (tertiary/aromatic N) is 2. The minimum atomic E-state index is -3.01. The molecule has 0 unspecified atom stereocenters. The van der Waals surface area contributed by atoms with Crippen molar-refractivity contribution in [3.63, 3.8) is 0 Å². The fourth-order valence-corrected chi connectivity index (χ4v) is 2.57. The standard InChI is InChI=1S/C16H21F2N3O4/c1-19-14(22)10-20-5-7-21(8-6-20)15(23)11-3-4-12(24-2)13(9-11)25-16(17)18/h3-4,9,16H,5-8,10H2,1-2H3,(H,19,22). The lowest BCUT2D eigenvalue weighted by atomic mass is 10.1. The lowest BCUT2D eigenvalue weighted by Crippen LogP contribution is -2.50. The van der Waals surface area contributed by atoms with Crippen LogP contribution in [0.2, 0.25) is 0 Å². The minimum Gasteiger partial charge on any atom is -0.493 e. The molecular weight excluding hydrogens is 336 g/mol. The van der Waals surface area contributed by atoms with Crippen molar-refractivity contribution in [2.45, 2.75) is 6.61 Å². The van der Waals surface area contributed by atoms with E-state index in [9.17, 15) is 18.4 Å². The van der Waals surface area contributed by atoms with Crippen molar-refractivity contribution < 1.29 is 27.8 Å². The lowest BCUT2D eigenvalue weighted by molar-refractivity contribution is -0.122. The maximum Gasteiger partial charge on any atom is 0.387 e. The van der Waals surface area contributed by atoms with Crippen LogP contribution in [0.4, 0.5) is 8.78 Å². The Morgan fingerprint density at radius 1 is 1.20 bits per heavy atom. The van der Waals surface area contributed by atoms with Gasteiger partial charge in [-0.15, -0.1) is 0 Å². The number of rotatable bonds is 6. The van der Waals surface area contributed by atoms with Crippen LogP contribution in [0.15, 0.2) is 18.2 Å². The molecule has 1 fully saturated rings. The van der Waals surface area contributed by atoms with Crippen LogP contribution in [0.5, 0.6) is 11.5 Å². The van der Waals surface area contributed by atoms with Crippen LogP contribution in [-0.2, 0) is 4.79 Å². The second-order valence-corrected chi connectivity index (χ2v) is 5.49. The van der Waals surface area contributed by atoms with Gasteiger partial charge in [0.25, 0.3) is 5.91 Å². The molecule has 0 aromatic heterocycles. The molecule has 1 N–H and O–H groups in total. The van der Waals surface area contributed by atoms with E-state index < -0.39 is 6.61 Å². The number of piperazine rings is 1. The Kier molecular flexibility index (Phi) is 6.51. The molecule has 1 aromatic carbocycles. The maximum atomic E-state index is 12.6. The molecule has 2 amide bonds. The summed E-state index contributed by atoms with van der Waals surface area (Å²) in [5.41, 5.74) is 0.246. The third-order valence-electron chi connectivity index (χ3n) is 3.93. The number of methoxy groups -OCH3 is 1. The first-order chi connectivity index (χ1) is 11.9. The number of amides is 2. The van der Waals surface area contributed by atoms with E-state index in [0.29, 0.717) is 26.2 Å². The van der Waals surface area contributed by atoms with Gasteiger partial charge in [0, 0.05) is 38.8 Å². The van der Waals surface area contributed by atoms with Crippen molar-refractivity contribution in [1.29, 1.82) is 0 Å². The first-order valence-corrected chi connectivity index (χ1v) is 7.79. The number of benzene rings is 1. The molecule has 1 aliphatic rings. The quantitative estimate of drug-likeness (QED) is 0.816. The van der Waals surface area contributed by atoms with Crippen LogP contribution >= 0.6 is 0 Å². The van der Waals surface area contributed by atoms with E-state index >= 15 is 0 Å². The second kappa shape index (κ2) is 8.61. The number of alkyl halides is 2. The van der Waals surface area contributed by atoms with Gasteiger partial charge in [0.05, 0.1) is 13.7 Å². The van der Waals surface area contributed by atoms with Crippen molar-refractivity contribution in [3.05, 3.63) is 23.8 Å². The van der Waals surface area contributed by atoms with Gasteiger partial charge in [-0.2, -0.15) is 8.78 Å². The third kappa shape index (κ3) is 5.02. The van der Waals surface area contributed by atoms with Gasteiger partial charge in [-0.05, 0) is 18.2 Å². The van der Waals surface area contributed by atoms with Crippen LogP contribution < -0.4 is 14.8 Å². The van der Waals surface area contributed by atoms with E-state index in [1.54, 1.807) is 11.9 Å². The van der Waals surface area contributed by atoms with E-state index in [0.717, 1.165) is 0 Å². The molecule has 2 rings (SSSR count). The highest BCUT2D eigenvalue weighted by Gasteiger charge is 2.24. The molecule has 1 saturated heterocycles. The first kappa shape index (κ1) is 18.9. The predicted octanol–water partition coefficient (Wildman–Crippen LogP) is 0.800. The fourth-order valence-electron chi connectivity index (χ4n) is 2.57. The smallest absolute Gasteiger partial charge is 0.387 e. The normalized spacial score (nSPS) is 15.2. The summed E-state index contributed by atoms with van der Waals surface area (Å²) in [5.74, 6) is -0.404. The first-order valence-electron chi connectivity index (χ1n) is 7.79. The van der Waals surface area contributed by atoms with Crippen LogP contribution in [0, 0.1) is 0 Å². The topological polar surface area (TPSA) is 71.1 Å². The molecule has 0 radical (unpaired) electrons. The maximum absolute atomic E-state index is 12.6. The van der Waals surface area contributed by atoms with Gasteiger partial charge in [-0.3, -0.25) is 14.5 Å². The van der Waals surface area contributed by atoms with Gasteiger partial charge in [0.1, 0.15) is 0 Å². The van der Waals surface area contributed by atoms with Gasteiger partial charge in [-0.1, -0.05) is 0 Å². The summed E-state index contributed by atoms with van der Waals surface area (Å²) >= 11 is 0. The van der Waals surface area contributed by atoms with Crippen molar-refractivity contribution >= 4 is 11.8 Å². The van der Waals surface area contributed by atoms with E-state index in [-0.39, 0.29) is 35.4 Å². The molecule has 9 heteroatoms. The zero-order valence-electron chi connectivity index (χ0n) is 14.1. The number of hydrogen-bond donors (Lipinski definition) is 1. The second-order valence-electron chi connectivity index (χ2n) is 5.49. The number of hydrogen-bond acceptors (Lipinski definition) is 5. The van der Waals surface area contributed by atoms with Gasteiger partial charge in [0.15, 0.2) is 11.5 Å². The van der Waals surface area contributed by atoms with Crippen LogP contribution in [-0.4, -0.2) is 75.1 Å². The number of halogens is 2. The highest BCUT2D eigenvalue weighted by molar-refractivity contribution is 5.95. The summed E-state index contributed by atoms with van der Waals surface area (Å²) in [4.78, 5) is 27.5. The Balaban J connectivity index is 2.02. The summed E-state index contributed by atoms with van der Waals surface area (Å²) in [6.45, 7) is -0.689. The van der Waals surface area contributed by atoms with E-state index in [1.165, 1.54) is 25.3 Å². The minimum absolute atomic E-state index is 0.0799. The van der Waals surface area contributed by atoms with Crippen molar-refractivity contribution in [3.8, 4) is 11.5 Å². The SMILES string of the molecule is CNC(=O)CN1CCN(C(=O)c2ccc(OC)c(OC(F)F)c2)CC1. The van der Waals surface area contributed by atoms with Gasteiger partial charge < -0.3 is 19.7 Å². The Bertz CT molecular complexity index is 619. The molecular formula is C16H21F2N3O4. The molecule has 0 bridgehead atoms. The molecule has 0 atom stereocenters. The summed E-state index contributed by atoms with van der Waals surface area (Å²) < 4.78 is 34.3. The van der Waals surface area contributed by atoms with Crippen LogP contribution in [0.25, 0.3) is 0 Å². The number of carbonyl (C=O) groups excluding carboxylic acids is 2. The Hall–Kier alpha value is -2.42. The highest BCUT2D eigenvalue weighted by Crippen LogP contribution is 2.30. The van der Waals surface area contributed by atoms with Crippen molar-refractivity contribution in [1.82, 2.24) is 15.1 Å². The summed E-state index contributed by atoms with van der Waals surface area (Å²) in [5, 5.41) is 2.56. The van der Waals surface area contributed by atoms with E-state index in [2.05, 4.69) is 10.1 Å². The molecule has 7 nitrogen and oxygen atoms in total. The average molecular weight is 357 g/mol. The fraction of sp³-hybridized carbons (Fsp3) is 0.500.